The number of rotatable bonds is 8. The van der Waals surface area contributed by atoms with E-state index in [1.165, 1.54) is 12.1 Å². The van der Waals surface area contributed by atoms with Gasteiger partial charge >= 0.3 is 11.9 Å². The number of amides is 1. The van der Waals surface area contributed by atoms with Gasteiger partial charge in [-0.1, -0.05) is 0 Å². The molecule has 1 aromatic heterocycles. The third-order valence-electron chi connectivity index (χ3n) is 5.30. The molecule has 1 unspecified atom stereocenters. The van der Waals surface area contributed by atoms with Crippen LogP contribution in [-0.4, -0.2) is 39.8 Å². The molecule has 7 nitrogen and oxygen atoms in total. The van der Waals surface area contributed by atoms with Crippen LogP contribution in [0.5, 0.6) is 5.75 Å². The molecule has 170 valence electrons. The van der Waals surface area contributed by atoms with Crippen molar-refractivity contribution in [1.82, 2.24) is 14.9 Å². The Balaban J connectivity index is 1.30. The van der Waals surface area contributed by atoms with E-state index in [2.05, 4.69) is 10.3 Å². The molecule has 1 fully saturated rings. The highest BCUT2D eigenvalue weighted by atomic mass is 19.4. The molecule has 0 radical (unpaired) electrons. The summed E-state index contributed by atoms with van der Waals surface area (Å²) in [5.41, 5.74) is 0.630. The lowest BCUT2D eigenvalue weighted by atomic mass is 10.2. The summed E-state index contributed by atoms with van der Waals surface area (Å²) in [4.78, 5) is 27.3. The molecule has 1 amide bonds. The summed E-state index contributed by atoms with van der Waals surface area (Å²) in [7, 11) is 0. The van der Waals surface area contributed by atoms with Gasteiger partial charge < -0.3 is 20.1 Å². The van der Waals surface area contributed by atoms with Gasteiger partial charge in [-0.15, -0.1) is 0 Å². The number of imidazole rings is 1. The zero-order chi connectivity index (χ0) is 22.9. The van der Waals surface area contributed by atoms with E-state index in [0.29, 0.717) is 23.5 Å². The zero-order valence-electron chi connectivity index (χ0n) is 17.0. The minimum absolute atomic E-state index is 0.114. The fraction of sp³-hybridized carbons (Fsp3) is 0.364. The molecule has 1 saturated carbocycles. The number of hydrogen-bond acceptors (Lipinski definition) is 4. The number of alkyl halides is 3. The lowest BCUT2D eigenvalue weighted by molar-refractivity contribution is -0.137. The SMILES string of the molecule is O=C(NCC(O)COc1ccc(C(F)(F)F)cc1)c1ccc2c(c1)[nH]c(=O)n2CC1CC1. The number of nitrogens with one attached hydrogen (secondary N) is 2. The van der Waals surface area contributed by atoms with Crippen molar-refractivity contribution in [2.45, 2.75) is 31.7 Å². The first-order valence-corrected chi connectivity index (χ1v) is 10.2. The first-order chi connectivity index (χ1) is 15.2. The number of aromatic amines is 1. The second-order valence-corrected chi connectivity index (χ2v) is 7.91. The molecule has 10 heteroatoms. The number of nitrogens with zero attached hydrogens (tertiary/aromatic N) is 1. The number of H-pyrrole nitrogens is 1. The molecule has 0 spiro atoms. The van der Waals surface area contributed by atoms with Crippen molar-refractivity contribution in [3.8, 4) is 5.75 Å². The lowest BCUT2D eigenvalue weighted by Crippen LogP contribution is -2.35. The Bertz CT molecular complexity index is 1160. The van der Waals surface area contributed by atoms with Crippen molar-refractivity contribution in [1.29, 1.82) is 0 Å². The van der Waals surface area contributed by atoms with Crippen LogP contribution >= 0.6 is 0 Å². The smallest absolute Gasteiger partial charge is 0.416 e. The maximum atomic E-state index is 12.6. The fourth-order valence-corrected chi connectivity index (χ4v) is 3.35. The molecule has 1 aliphatic carbocycles. The standard InChI is InChI=1S/C22H22F3N3O4/c23-22(24,25)15-4-6-17(7-5-15)32-12-16(29)10-26-20(30)14-3-8-19-18(9-14)27-21(31)28(19)11-13-1-2-13/h3-9,13,16,29H,1-2,10-12H2,(H,26,30)(H,27,31). The number of fused-ring (bicyclic) bond motifs is 1. The van der Waals surface area contributed by atoms with E-state index in [0.717, 1.165) is 30.5 Å². The van der Waals surface area contributed by atoms with E-state index in [-0.39, 0.29) is 24.6 Å². The van der Waals surface area contributed by atoms with E-state index in [4.69, 9.17) is 4.74 Å². The summed E-state index contributed by atoms with van der Waals surface area (Å²) in [6.45, 7) is 0.342. The van der Waals surface area contributed by atoms with Crippen molar-refractivity contribution in [3.63, 3.8) is 0 Å². The van der Waals surface area contributed by atoms with E-state index in [9.17, 15) is 27.9 Å². The van der Waals surface area contributed by atoms with E-state index >= 15 is 0 Å². The maximum Gasteiger partial charge on any atom is 0.416 e. The molecule has 0 aliphatic heterocycles. The zero-order valence-corrected chi connectivity index (χ0v) is 17.0. The quantitative estimate of drug-likeness (QED) is 0.493. The average Bonchev–Trinajstić information content (AvgIpc) is 3.52. The molecular formula is C22H22F3N3O4. The van der Waals surface area contributed by atoms with Crippen molar-refractivity contribution in [3.05, 3.63) is 64.1 Å². The van der Waals surface area contributed by atoms with E-state index < -0.39 is 23.8 Å². The van der Waals surface area contributed by atoms with Crippen LogP contribution in [0.1, 0.15) is 28.8 Å². The summed E-state index contributed by atoms with van der Waals surface area (Å²) in [6.07, 6.45) is -3.27. The van der Waals surface area contributed by atoms with Crippen LogP contribution in [0.15, 0.2) is 47.3 Å². The van der Waals surface area contributed by atoms with E-state index in [1.54, 1.807) is 22.8 Å². The minimum atomic E-state index is -4.43. The third-order valence-corrected chi connectivity index (χ3v) is 5.30. The number of benzene rings is 2. The number of carbonyl (C=O) groups is 1. The van der Waals surface area contributed by atoms with Crippen LogP contribution in [0.3, 0.4) is 0 Å². The summed E-state index contributed by atoms with van der Waals surface area (Å²) < 4.78 is 44.7. The second kappa shape index (κ2) is 8.70. The molecule has 2 aromatic carbocycles. The molecule has 32 heavy (non-hydrogen) atoms. The van der Waals surface area contributed by atoms with Crippen LogP contribution in [0.25, 0.3) is 11.0 Å². The Morgan fingerprint density at radius 3 is 2.59 bits per heavy atom. The van der Waals surface area contributed by atoms with Crippen LogP contribution < -0.4 is 15.7 Å². The number of aliphatic hydroxyl groups excluding tert-OH is 1. The van der Waals surface area contributed by atoms with Crippen LogP contribution in [-0.2, 0) is 12.7 Å². The molecule has 3 aromatic rings. The summed E-state index contributed by atoms with van der Waals surface area (Å²) in [6, 6.07) is 9.03. The Morgan fingerprint density at radius 1 is 1.22 bits per heavy atom. The third kappa shape index (κ3) is 5.13. The molecular weight excluding hydrogens is 427 g/mol. The highest BCUT2D eigenvalue weighted by molar-refractivity contribution is 5.97. The van der Waals surface area contributed by atoms with Gasteiger partial charge in [-0.2, -0.15) is 13.2 Å². The van der Waals surface area contributed by atoms with Gasteiger partial charge in [-0.25, -0.2) is 4.79 Å². The maximum absolute atomic E-state index is 12.6. The predicted molar refractivity (Wildman–Crippen MR) is 111 cm³/mol. The largest absolute Gasteiger partial charge is 0.491 e. The highest BCUT2D eigenvalue weighted by Gasteiger charge is 2.30. The number of halogens is 3. The molecule has 1 aliphatic rings. The van der Waals surface area contributed by atoms with Crippen molar-refractivity contribution >= 4 is 16.9 Å². The van der Waals surface area contributed by atoms with Gasteiger partial charge in [0.2, 0.25) is 0 Å². The Labute approximate surface area is 180 Å². The van der Waals surface area contributed by atoms with Crippen LogP contribution in [0.2, 0.25) is 0 Å². The highest BCUT2D eigenvalue weighted by Crippen LogP contribution is 2.31. The van der Waals surface area contributed by atoms with Crippen LogP contribution in [0, 0.1) is 5.92 Å². The summed E-state index contributed by atoms with van der Waals surface area (Å²) in [5, 5.41) is 12.6. The van der Waals surface area contributed by atoms with Crippen molar-refractivity contribution < 1.29 is 27.8 Å². The normalized spacial score (nSPS) is 15.0. The van der Waals surface area contributed by atoms with Crippen LogP contribution in [0.4, 0.5) is 13.2 Å². The number of carbonyl (C=O) groups excluding carboxylic acids is 1. The number of ether oxygens (including phenoxy) is 1. The fourth-order valence-electron chi connectivity index (χ4n) is 3.35. The molecule has 4 rings (SSSR count). The lowest BCUT2D eigenvalue weighted by Gasteiger charge is -2.14. The average molecular weight is 449 g/mol. The first-order valence-electron chi connectivity index (χ1n) is 10.2. The number of hydrogen-bond donors (Lipinski definition) is 3. The first kappa shape index (κ1) is 21.9. The van der Waals surface area contributed by atoms with Gasteiger partial charge in [0.1, 0.15) is 18.5 Å². The monoisotopic (exact) mass is 449 g/mol. The molecule has 0 saturated heterocycles. The van der Waals surface area contributed by atoms with Gasteiger partial charge in [-0.3, -0.25) is 9.36 Å². The topological polar surface area (TPSA) is 96.3 Å². The summed E-state index contributed by atoms with van der Waals surface area (Å²) in [5.74, 6) is 0.269. The predicted octanol–water partition coefficient (Wildman–Crippen LogP) is 2.93. The van der Waals surface area contributed by atoms with Gasteiger partial charge in [0.15, 0.2) is 0 Å². The second-order valence-electron chi connectivity index (χ2n) is 7.91. The number of aromatic nitrogens is 2. The van der Waals surface area contributed by atoms with Crippen molar-refractivity contribution in [2.24, 2.45) is 5.92 Å². The van der Waals surface area contributed by atoms with E-state index in [1.807, 2.05) is 0 Å². The Morgan fingerprint density at radius 2 is 1.94 bits per heavy atom. The van der Waals surface area contributed by atoms with Gasteiger partial charge in [0.05, 0.1) is 16.6 Å². The molecule has 1 heterocycles. The molecule has 3 N–H and O–H groups in total. The minimum Gasteiger partial charge on any atom is -0.491 e. The molecule has 0 bridgehead atoms. The van der Waals surface area contributed by atoms with Gasteiger partial charge in [0, 0.05) is 18.7 Å². The van der Waals surface area contributed by atoms with Gasteiger partial charge in [-0.05, 0) is 61.2 Å². The molecule has 1 atom stereocenters. The number of aliphatic hydroxyl groups is 1. The Hall–Kier alpha value is -3.27. The van der Waals surface area contributed by atoms with Crippen molar-refractivity contribution in [2.75, 3.05) is 13.2 Å². The summed E-state index contributed by atoms with van der Waals surface area (Å²) >= 11 is 0. The van der Waals surface area contributed by atoms with Gasteiger partial charge in [0.25, 0.3) is 5.91 Å². The Kier molecular flexibility index (Phi) is 5.96.